The predicted molar refractivity (Wildman–Crippen MR) is 133 cm³/mol. The molecule has 3 nitrogen and oxygen atoms in total. The number of fused-ring (bicyclic) bond motifs is 1. The second kappa shape index (κ2) is 8.81. The molecule has 0 fully saturated rings. The second-order valence-corrected chi connectivity index (χ2v) is 8.87. The molecule has 0 aliphatic rings. The third-order valence-electron chi connectivity index (χ3n) is 5.36. The molecule has 0 spiro atoms. The van der Waals surface area contributed by atoms with Gasteiger partial charge < -0.3 is 5.32 Å². The maximum atomic E-state index is 13.4. The van der Waals surface area contributed by atoms with Crippen LogP contribution in [0.25, 0.3) is 22.2 Å². The summed E-state index contributed by atoms with van der Waals surface area (Å²) in [5, 5.41) is 4.59. The van der Waals surface area contributed by atoms with Crippen LogP contribution in [0.15, 0.2) is 65.1 Å². The Kier molecular flexibility index (Phi) is 6.12. The Morgan fingerprint density at radius 3 is 2.32 bits per heavy atom. The summed E-state index contributed by atoms with van der Waals surface area (Å²) in [5.74, 6) is -0.156. The highest BCUT2D eigenvalue weighted by Crippen LogP contribution is 2.29. The van der Waals surface area contributed by atoms with E-state index in [0.717, 1.165) is 55.4 Å². The fourth-order valence-corrected chi connectivity index (χ4v) is 4.02. The minimum atomic E-state index is -0.156. The normalized spacial score (nSPS) is 11.0. The third kappa shape index (κ3) is 4.51. The highest BCUT2D eigenvalue weighted by atomic mass is 79.9. The van der Waals surface area contributed by atoms with Crippen LogP contribution in [0.1, 0.15) is 34.0 Å². The van der Waals surface area contributed by atoms with Gasteiger partial charge in [0.05, 0.1) is 16.8 Å². The molecule has 3 aromatic carbocycles. The summed E-state index contributed by atoms with van der Waals surface area (Å²) in [4.78, 5) is 18.2. The van der Waals surface area contributed by atoms with Crippen LogP contribution in [0.2, 0.25) is 5.02 Å². The number of hydrogen-bond donors (Lipinski definition) is 1. The number of amides is 1. The van der Waals surface area contributed by atoms with E-state index in [1.165, 1.54) is 0 Å². The number of carbonyl (C=O) groups is 1. The van der Waals surface area contributed by atoms with Gasteiger partial charge >= 0.3 is 0 Å². The van der Waals surface area contributed by atoms with Crippen LogP contribution >= 0.6 is 27.5 Å². The molecule has 1 aromatic heterocycles. The summed E-state index contributed by atoms with van der Waals surface area (Å²) in [7, 11) is 0. The van der Waals surface area contributed by atoms with Crippen molar-refractivity contribution >= 4 is 50.0 Å². The van der Waals surface area contributed by atoms with Crippen molar-refractivity contribution < 1.29 is 4.79 Å². The Morgan fingerprint density at radius 1 is 1.00 bits per heavy atom. The first-order chi connectivity index (χ1) is 14.9. The highest BCUT2D eigenvalue weighted by molar-refractivity contribution is 9.10. The van der Waals surface area contributed by atoms with Crippen molar-refractivity contribution in [3.8, 4) is 11.3 Å². The molecule has 31 heavy (non-hydrogen) atoms. The molecule has 4 aromatic rings. The van der Waals surface area contributed by atoms with Crippen LogP contribution < -0.4 is 5.32 Å². The van der Waals surface area contributed by atoms with Crippen LogP contribution in [0.5, 0.6) is 0 Å². The van der Waals surface area contributed by atoms with Gasteiger partial charge in [-0.1, -0.05) is 52.7 Å². The number of pyridine rings is 1. The molecule has 0 saturated carbocycles. The van der Waals surface area contributed by atoms with Gasteiger partial charge in [-0.3, -0.25) is 4.79 Å². The minimum Gasteiger partial charge on any atom is -0.322 e. The quantitative estimate of drug-likeness (QED) is 0.316. The van der Waals surface area contributed by atoms with Crippen molar-refractivity contribution in [1.29, 1.82) is 0 Å². The number of aryl methyl sites for hydroxylation is 3. The second-order valence-electron chi connectivity index (χ2n) is 7.65. The Labute approximate surface area is 195 Å². The van der Waals surface area contributed by atoms with Crippen molar-refractivity contribution in [3.63, 3.8) is 0 Å². The SMILES string of the molecule is CCc1ccc2nc(-c3ccc(Cl)cc3)cc(C(=O)Nc3cc(C)c(Br)c(C)c3)c2c1. The van der Waals surface area contributed by atoms with E-state index in [-0.39, 0.29) is 5.91 Å². The lowest BCUT2D eigenvalue weighted by atomic mass is 10.0. The van der Waals surface area contributed by atoms with E-state index in [4.69, 9.17) is 16.6 Å². The van der Waals surface area contributed by atoms with Gasteiger partial charge in [-0.25, -0.2) is 4.98 Å². The van der Waals surface area contributed by atoms with E-state index in [1.54, 1.807) is 0 Å². The molecule has 5 heteroatoms. The molecule has 0 bridgehead atoms. The van der Waals surface area contributed by atoms with Crippen molar-refractivity contribution in [1.82, 2.24) is 4.98 Å². The van der Waals surface area contributed by atoms with Crippen molar-refractivity contribution in [2.45, 2.75) is 27.2 Å². The lowest BCUT2D eigenvalue weighted by Gasteiger charge is -2.13. The van der Waals surface area contributed by atoms with E-state index in [2.05, 4.69) is 40.3 Å². The van der Waals surface area contributed by atoms with Gasteiger partial charge in [-0.2, -0.15) is 0 Å². The predicted octanol–water partition coefficient (Wildman–Crippen LogP) is 7.75. The molecule has 0 aliphatic carbocycles. The fraction of sp³-hybridized carbons (Fsp3) is 0.154. The zero-order valence-electron chi connectivity index (χ0n) is 17.6. The monoisotopic (exact) mass is 492 g/mol. The molecule has 1 heterocycles. The Hall–Kier alpha value is -2.69. The summed E-state index contributed by atoms with van der Waals surface area (Å²) in [6, 6.07) is 19.4. The van der Waals surface area contributed by atoms with Crippen LogP contribution in [-0.4, -0.2) is 10.9 Å². The Morgan fingerprint density at radius 2 is 1.68 bits per heavy atom. The molecule has 0 atom stereocenters. The highest BCUT2D eigenvalue weighted by Gasteiger charge is 2.16. The lowest BCUT2D eigenvalue weighted by molar-refractivity contribution is 0.102. The largest absolute Gasteiger partial charge is 0.322 e. The number of nitrogens with zero attached hydrogens (tertiary/aromatic N) is 1. The maximum Gasteiger partial charge on any atom is 0.256 e. The van der Waals surface area contributed by atoms with Gasteiger partial charge in [0.2, 0.25) is 0 Å². The molecular weight excluding hydrogens is 472 g/mol. The topological polar surface area (TPSA) is 42.0 Å². The first kappa shape index (κ1) is 21.5. The van der Waals surface area contributed by atoms with Crippen LogP contribution in [-0.2, 0) is 6.42 Å². The molecule has 156 valence electrons. The molecule has 0 radical (unpaired) electrons. The molecule has 0 unspecified atom stereocenters. The summed E-state index contributed by atoms with van der Waals surface area (Å²) < 4.78 is 1.05. The molecular formula is C26H22BrClN2O. The third-order valence-corrected chi connectivity index (χ3v) is 6.86. The number of halogens is 2. The zero-order chi connectivity index (χ0) is 22.1. The van der Waals surface area contributed by atoms with E-state index in [1.807, 2.05) is 62.4 Å². The number of benzene rings is 3. The van der Waals surface area contributed by atoms with Crippen LogP contribution in [0, 0.1) is 13.8 Å². The fourth-order valence-electron chi connectivity index (χ4n) is 3.67. The number of aromatic nitrogens is 1. The maximum absolute atomic E-state index is 13.4. The Balaban J connectivity index is 1.83. The first-order valence-corrected chi connectivity index (χ1v) is 11.3. The smallest absolute Gasteiger partial charge is 0.256 e. The van der Waals surface area contributed by atoms with Crippen LogP contribution in [0.4, 0.5) is 5.69 Å². The van der Waals surface area contributed by atoms with Gasteiger partial charge in [0.15, 0.2) is 0 Å². The van der Waals surface area contributed by atoms with Crippen molar-refractivity contribution in [3.05, 3.63) is 92.4 Å². The van der Waals surface area contributed by atoms with Gasteiger partial charge in [0.1, 0.15) is 0 Å². The zero-order valence-corrected chi connectivity index (χ0v) is 19.9. The van der Waals surface area contributed by atoms with E-state index in [9.17, 15) is 4.79 Å². The van der Waals surface area contributed by atoms with E-state index < -0.39 is 0 Å². The molecule has 0 aliphatic heterocycles. The van der Waals surface area contributed by atoms with Gasteiger partial charge in [0.25, 0.3) is 5.91 Å². The standard InChI is InChI=1S/C26H22BrClN2O/c1-4-17-5-10-23-21(13-17)22(14-24(30-23)18-6-8-19(28)9-7-18)26(31)29-20-11-15(2)25(27)16(3)12-20/h5-14H,4H2,1-3H3,(H,29,31). The number of rotatable bonds is 4. The molecule has 4 rings (SSSR count). The molecule has 0 saturated heterocycles. The summed E-state index contributed by atoms with van der Waals surface area (Å²) in [5.41, 5.74) is 7.12. The Bertz CT molecular complexity index is 1280. The van der Waals surface area contributed by atoms with Crippen molar-refractivity contribution in [2.75, 3.05) is 5.32 Å². The number of carbonyl (C=O) groups excluding carboxylic acids is 1. The minimum absolute atomic E-state index is 0.156. The summed E-state index contributed by atoms with van der Waals surface area (Å²) >= 11 is 9.63. The average molecular weight is 494 g/mol. The number of hydrogen-bond acceptors (Lipinski definition) is 2. The van der Waals surface area contributed by atoms with Gasteiger partial charge in [-0.05, 0) is 79.4 Å². The van der Waals surface area contributed by atoms with E-state index in [0.29, 0.717) is 10.6 Å². The molecule has 1 amide bonds. The van der Waals surface area contributed by atoms with Gasteiger partial charge in [0, 0.05) is 26.1 Å². The summed E-state index contributed by atoms with van der Waals surface area (Å²) in [6.07, 6.45) is 0.890. The van der Waals surface area contributed by atoms with Gasteiger partial charge in [-0.15, -0.1) is 0 Å². The average Bonchev–Trinajstić information content (AvgIpc) is 2.76. The summed E-state index contributed by atoms with van der Waals surface area (Å²) in [6.45, 7) is 6.13. The van der Waals surface area contributed by atoms with E-state index >= 15 is 0 Å². The van der Waals surface area contributed by atoms with Crippen molar-refractivity contribution in [2.24, 2.45) is 0 Å². The first-order valence-electron chi connectivity index (χ1n) is 10.1. The van der Waals surface area contributed by atoms with Crippen LogP contribution in [0.3, 0.4) is 0 Å². The lowest BCUT2D eigenvalue weighted by Crippen LogP contribution is -2.13. The molecule has 1 N–H and O–H groups in total. The number of nitrogens with one attached hydrogen (secondary N) is 1. The number of anilines is 1.